The molecule has 1 aromatic heterocycles. The molecule has 0 radical (unpaired) electrons. The number of ether oxygens (including phenoxy) is 1. The second kappa shape index (κ2) is 3.97. The molecule has 0 aliphatic heterocycles. The first-order chi connectivity index (χ1) is 7.70. The van der Waals surface area contributed by atoms with Gasteiger partial charge in [-0.15, -0.1) is 15.0 Å². The number of esters is 1. The molecule has 1 heterocycles. The van der Waals surface area contributed by atoms with Crippen LogP contribution in [0.25, 0.3) is 5.69 Å². The van der Waals surface area contributed by atoms with Gasteiger partial charge in [0.1, 0.15) is 0 Å². The van der Waals surface area contributed by atoms with Gasteiger partial charge in [-0.25, -0.2) is 4.79 Å². The van der Waals surface area contributed by atoms with Crippen LogP contribution in [0.1, 0.15) is 10.6 Å². The molecule has 0 aliphatic carbocycles. The summed E-state index contributed by atoms with van der Waals surface area (Å²) in [6.45, 7) is 0. The van der Waals surface area contributed by atoms with Crippen LogP contribution in [0.4, 0.5) is 5.69 Å². The Morgan fingerprint density at radius 1 is 1.38 bits per heavy atom. The minimum atomic E-state index is -0.623. The van der Waals surface area contributed by atoms with Crippen LogP contribution >= 0.6 is 0 Å². The summed E-state index contributed by atoms with van der Waals surface area (Å²) in [6, 6.07) is 6.85. The Kier molecular flexibility index (Phi) is 2.50. The van der Waals surface area contributed by atoms with E-state index >= 15 is 0 Å². The molecule has 0 spiro atoms. The van der Waals surface area contributed by atoms with Gasteiger partial charge in [0.2, 0.25) is 0 Å². The highest BCUT2D eigenvalue weighted by atomic mass is 16.5. The summed E-state index contributed by atoms with van der Waals surface area (Å²) < 4.78 is 4.47. The SMILES string of the molecule is COC(=O)c1nnn(-c2ccc(N)cc2)n1. The van der Waals surface area contributed by atoms with E-state index in [2.05, 4.69) is 20.1 Å². The van der Waals surface area contributed by atoms with Crippen molar-refractivity contribution in [2.75, 3.05) is 12.8 Å². The third-order valence-corrected chi connectivity index (χ3v) is 1.91. The zero-order chi connectivity index (χ0) is 11.5. The highest BCUT2D eigenvalue weighted by Gasteiger charge is 2.13. The van der Waals surface area contributed by atoms with Crippen molar-refractivity contribution in [3.8, 4) is 5.69 Å². The van der Waals surface area contributed by atoms with Crippen LogP contribution in [0.5, 0.6) is 0 Å². The molecule has 0 aliphatic rings. The molecular weight excluding hydrogens is 210 g/mol. The van der Waals surface area contributed by atoms with Crippen LogP contribution in [-0.2, 0) is 4.74 Å². The van der Waals surface area contributed by atoms with Crippen molar-refractivity contribution in [2.45, 2.75) is 0 Å². The first-order valence-corrected chi connectivity index (χ1v) is 4.45. The van der Waals surface area contributed by atoms with Gasteiger partial charge in [0, 0.05) is 5.69 Å². The summed E-state index contributed by atoms with van der Waals surface area (Å²) in [5.41, 5.74) is 6.84. The molecule has 16 heavy (non-hydrogen) atoms. The summed E-state index contributed by atoms with van der Waals surface area (Å²) in [6.07, 6.45) is 0. The van der Waals surface area contributed by atoms with Crippen molar-refractivity contribution in [1.29, 1.82) is 0 Å². The van der Waals surface area contributed by atoms with Crippen LogP contribution in [-0.4, -0.2) is 33.3 Å². The molecule has 0 amide bonds. The average molecular weight is 219 g/mol. The summed E-state index contributed by atoms with van der Waals surface area (Å²) >= 11 is 0. The van der Waals surface area contributed by atoms with Crippen molar-refractivity contribution in [3.63, 3.8) is 0 Å². The highest BCUT2D eigenvalue weighted by Crippen LogP contribution is 2.08. The molecule has 7 heteroatoms. The van der Waals surface area contributed by atoms with Crippen LogP contribution < -0.4 is 5.73 Å². The largest absolute Gasteiger partial charge is 0.463 e. The van der Waals surface area contributed by atoms with Crippen LogP contribution in [0.15, 0.2) is 24.3 Å². The van der Waals surface area contributed by atoms with Gasteiger partial charge in [0.05, 0.1) is 12.8 Å². The first kappa shape index (κ1) is 10.1. The number of nitrogen functional groups attached to an aromatic ring is 1. The number of carbonyl (C=O) groups is 1. The van der Waals surface area contributed by atoms with E-state index in [4.69, 9.17) is 5.73 Å². The number of tetrazole rings is 1. The van der Waals surface area contributed by atoms with Gasteiger partial charge in [-0.3, -0.25) is 0 Å². The molecule has 2 aromatic rings. The first-order valence-electron chi connectivity index (χ1n) is 4.45. The number of carbonyl (C=O) groups excluding carboxylic acids is 1. The zero-order valence-electron chi connectivity index (χ0n) is 8.49. The third kappa shape index (κ3) is 1.83. The summed E-state index contributed by atoms with van der Waals surface area (Å²) in [5, 5.41) is 11.1. The Balaban J connectivity index is 2.31. The summed E-state index contributed by atoms with van der Waals surface area (Å²) in [4.78, 5) is 12.3. The van der Waals surface area contributed by atoms with E-state index in [1.807, 2.05) is 0 Å². The third-order valence-electron chi connectivity index (χ3n) is 1.91. The van der Waals surface area contributed by atoms with Crippen LogP contribution in [0.3, 0.4) is 0 Å². The predicted octanol–water partition coefficient (Wildman–Crippen LogP) is 0.0311. The van der Waals surface area contributed by atoms with Crippen molar-refractivity contribution in [3.05, 3.63) is 30.1 Å². The molecule has 0 fully saturated rings. The van der Waals surface area contributed by atoms with E-state index in [1.54, 1.807) is 24.3 Å². The Labute approximate surface area is 90.8 Å². The Morgan fingerprint density at radius 2 is 2.06 bits per heavy atom. The number of anilines is 1. The maximum atomic E-state index is 11.1. The zero-order valence-corrected chi connectivity index (χ0v) is 8.49. The maximum Gasteiger partial charge on any atom is 0.379 e. The number of hydrogen-bond donors (Lipinski definition) is 1. The van der Waals surface area contributed by atoms with Crippen molar-refractivity contribution in [2.24, 2.45) is 0 Å². The normalized spacial score (nSPS) is 10.1. The lowest BCUT2D eigenvalue weighted by atomic mass is 10.3. The fourth-order valence-electron chi connectivity index (χ4n) is 1.10. The molecule has 2 rings (SSSR count). The highest BCUT2D eigenvalue weighted by molar-refractivity contribution is 5.84. The number of nitrogens with two attached hydrogens (primary N) is 1. The lowest BCUT2D eigenvalue weighted by molar-refractivity contribution is 0.0586. The summed E-state index contributed by atoms with van der Waals surface area (Å²) in [5.74, 6) is -0.707. The number of nitrogens with zero attached hydrogens (tertiary/aromatic N) is 4. The number of benzene rings is 1. The van der Waals surface area contributed by atoms with Gasteiger partial charge >= 0.3 is 5.97 Å². The van der Waals surface area contributed by atoms with Gasteiger partial charge in [-0.05, 0) is 29.5 Å². The molecular formula is C9H9N5O2. The van der Waals surface area contributed by atoms with Gasteiger partial charge in [-0.1, -0.05) is 0 Å². The Bertz CT molecular complexity index is 505. The molecule has 0 bridgehead atoms. The van der Waals surface area contributed by atoms with E-state index in [9.17, 15) is 4.79 Å². The fourth-order valence-corrected chi connectivity index (χ4v) is 1.10. The number of rotatable bonds is 2. The van der Waals surface area contributed by atoms with Crippen molar-refractivity contribution >= 4 is 11.7 Å². The second-order valence-corrected chi connectivity index (χ2v) is 2.99. The monoisotopic (exact) mass is 219 g/mol. The van der Waals surface area contributed by atoms with E-state index in [1.165, 1.54) is 11.9 Å². The van der Waals surface area contributed by atoms with Gasteiger partial charge in [0.25, 0.3) is 5.82 Å². The van der Waals surface area contributed by atoms with E-state index < -0.39 is 5.97 Å². The minimum Gasteiger partial charge on any atom is -0.463 e. The van der Waals surface area contributed by atoms with Crippen molar-refractivity contribution < 1.29 is 9.53 Å². The van der Waals surface area contributed by atoms with Crippen molar-refractivity contribution in [1.82, 2.24) is 20.2 Å². The summed E-state index contributed by atoms with van der Waals surface area (Å²) in [7, 11) is 1.26. The number of methoxy groups -OCH3 is 1. The van der Waals surface area contributed by atoms with E-state index in [0.717, 1.165) is 0 Å². The molecule has 0 saturated heterocycles. The maximum absolute atomic E-state index is 11.1. The molecule has 7 nitrogen and oxygen atoms in total. The quantitative estimate of drug-likeness (QED) is 0.565. The molecule has 0 atom stereocenters. The smallest absolute Gasteiger partial charge is 0.379 e. The average Bonchev–Trinajstić information content (AvgIpc) is 2.78. The molecule has 1 aromatic carbocycles. The minimum absolute atomic E-state index is 0.0840. The van der Waals surface area contributed by atoms with E-state index in [0.29, 0.717) is 11.4 Å². The van der Waals surface area contributed by atoms with Gasteiger partial charge in [0.15, 0.2) is 0 Å². The number of hydrogen-bond acceptors (Lipinski definition) is 6. The topological polar surface area (TPSA) is 95.9 Å². The predicted molar refractivity (Wildman–Crippen MR) is 54.9 cm³/mol. The Hall–Kier alpha value is -2.44. The lowest BCUT2D eigenvalue weighted by Gasteiger charge is -1.97. The lowest BCUT2D eigenvalue weighted by Crippen LogP contribution is -2.05. The van der Waals surface area contributed by atoms with E-state index in [-0.39, 0.29) is 5.82 Å². The number of aromatic nitrogens is 4. The van der Waals surface area contributed by atoms with Crippen LogP contribution in [0.2, 0.25) is 0 Å². The molecule has 2 N–H and O–H groups in total. The fraction of sp³-hybridized carbons (Fsp3) is 0.111. The molecule has 0 unspecified atom stereocenters. The van der Waals surface area contributed by atoms with Gasteiger partial charge < -0.3 is 10.5 Å². The second-order valence-electron chi connectivity index (χ2n) is 2.99. The standard InChI is InChI=1S/C9H9N5O2/c1-16-9(15)8-11-13-14(12-8)7-4-2-6(10)3-5-7/h2-5H,10H2,1H3. The Morgan fingerprint density at radius 3 is 2.69 bits per heavy atom. The van der Waals surface area contributed by atoms with Crippen LogP contribution in [0, 0.1) is 0 Å². The molecule has 82 valence electrons. The van der Waals surface area contributed by atoms with Gasteiger partial charge in [-0.2, -0.15) is 0 Å². The molecule has 0 saturated carbocycles.